The quantitative estimate of drug-likeness (QED) is 0.854. The molecule has 2 rings (SSSR count). The molecule has 0 aromatic carbocycles. The number of anilines is 2. The highest BCUT2D eigenvalue weighted by atomic mass is 32.1. The maximum absolute atomic E-state index is 5.92. The first kappa shape index (κ1) is 11.0. The number of nitrogens with two attached hydrogens (primary N) is 1. The summed E-state index contributed by atoms with van der Waals surface area (Å²) >= 11 is 1.73. The van der Waals surface area contributed by atoms with Crippen molar-refractivity contribution in [3.8, 4) is 0 Å². The molecule has 5 heteroatoms. The largest absolute Gasteiger partial charge is 0.394 e. The maximum atomic E-state index is 5.92. The number of hydrogen-bond acceptors (Lipinski definition) is 4. The fourth-order valence-corrected chi connectivity index (χ4v) is 2.35. The van der Waals surface area contributed by atoms with Gasteiger partial charge in [0.1, 0.15) is 5.82 Å². The van der Waals surface area contributed by atoms with Gasteiger partial charge in [0.2, 0.25) is 0 Å². The van der Waals surface area contributed by atoms with Gasteiger partial charge in [0, 0.05) is 13.6 Å². The number of aromatic nitrogens is 2. The van der Waals surface area contributed by atoms with Crippen LogP contribution in [0.4, 0.5) is 11.5 Å². The Hall–Kier alpha value is -1.49. The standard InChI is InChI=1S/C11H16N4S/c1-8-10(12)11(15(2)14-8)13-5-3-9-4-6-16-7-9/h4,6-7,13H,3,5,12H2,1-2H3. The van der Waals surface area contributed by atoms with Crippen LogP contribution in [0.5, 0.6) is 0 Å². The topological polar surface area (TPSA) is 55.9 Å². The zero-order valence-electron chi connectivity index (χ0n) is 9.53. The van der Waals surface area contributed by atoms with Crippen molar-refractivity contribution in [2.45, 2.75) is 13.3 Å². The second kappa shape index (κ2) is 4.57. The van der Waals surface area contributed by atoms with Crippen molar-refractivity contribution in [2.75, 3.05) is 17.6 Å². The average molecular weight is 236 g/mol. The van der Waals surface area contributed by atoms with Gasteiger partial charge in [-0.05, 0) is 35.7 Å². The second-order valence-corrected chi connectivity index (χ2v) is 4.56. The van der Waals surface area contributed by atoms with E-state index in [-0.39, 0.29) is 0 Å². The SMILES string of the molecule is Cc1nn(C)c(NCCc2ccsc2)c1N. The van der Waals surface area contributed by atoms with Crippen molar-refractivity contribution >= 4 is 22.8 Å². The van der Waals surface area contributed by atoms with E-state index in [0.29, 0.717) is 0 Å². The molecule has 0 amide bonds. The Kier molecular flexibility index (Phi) is 3.14. The number of hydrogen-bond donors (Lipinski definition) is 2. The van der Waals surface area contributed by atoms with Crippen LogP contribution in [0.1, 0.15) is 11.3 Å². The van der Waals surface area contributed by atoms with Crippen LogP contribution in [0, 0.1) is 6.92 Å². The molecule has 0 aliphatic heterocycles. The maximum Gasteiger partial charge on any atom is 0.147 e. The Morgan fingerprint density at radius 2 is 2.38 bits per heavy atom. The molecule has 3 N–H and O–H groups in total. The molecule has 0 aliphatic rings. The first-order valence-electron chi connectivity index (χ1n) is 5.22. The van der Waals surface area contributed by atoms with Crippen molar-refractivity contribution in [1.29, 1.82) is 0 Å². The number of nitrogens with zero attached hydrogens (tertiary/aromatic N) is 2. The Morgan fingerprint density at radius 1 is 1.56 bits per heavy atom. The highest BCUT2D eigenvalue weighted by molar-refractivity contribution is 7.07. The fraction of sp³-hybridized carbons (Fsp3) is 0.364. The molecule has 16 heavy (non-hydrogen) atoms. The molecule has 0 spiro atoms. The molecule has 0 saturated carbocycles. The molecule has 0 bridgehead atoms. The molecule has 2 aromatic rings. The van der Waals surface area contributed by atoms with E-state index in [1.54, 1.807) is 16.0 Å². The Morgan fingerprint density at radius 3 is 2.94 bits per heavy atom. The minimum atomic E-state index is 0.743. The van der Waals surface area contributed by atoms with Gasteiger partial charge in [-0.3, -0.25) is 4.68 Å². The molecule has 0 unspecified atom stereocenters. The molecule has 0 radical (unpaired) electrons. The fourth-order valence-electron chi connectivity index (χ4n) is 1.64. The predicted molar refractivity (Wildman–Crippen MR) is 68.9 cm³/mol. The molecular formula is C11H16N4S. The molecular weight excluding hydrogens is 220 g/mol. The van der Waals surface area contributed by atoms with Crippen LogP contribution in [-0.4, -0.2) is 16.3 Å². The van der Waals surface area contributed by atoms with Crippen molar-refractivity contribution in [2.24, 2.45) is 7.05 Å². The Labute approximate surface area is 99.1 Å². The lowest BCUT2D eigenvalue weighted by molar-refractivity contribution is 0.757. The van der Waals surface area contributed by atoms with E-state index in [1.807, 2.05) is 14.0 Å². The first-order valence-corrected chi connectivity index (χ1v) is 6.17. The van der Waals surface area contributed by atoms with Gasteiger partial charge >= 0.3 is 0 Å². The van der Waals surface area contributed by atoms with Crippen LogP contribution in [-0.2, 0) is 13.5 Å². The molecule has 4 nitrogen and oxygen atoms in total. The highest BCUT2D eigenvalue weighted by Crippen LogP contribution is 2.20. The Bertz CT molecular complexity index is 459. The molecule has 0 atom stereocenters. The van der Waals surface area contributed by atoms with E-state index in [9.17, 15) is 0 Å². The van der Waals surface area contributed by atoms with Crippen molar-refractivity contribution < 1.29 is 0 Å². The van der Waals surface area contributed by atoms with Crippen LogP contribution in [0.15, 0.2) is 16.8 Å². The molecule has 0 aliphatic carbocycles. The number of rotatable bonds is 4. The number of nitrogen functional groups attached to an aromatic ring is 1. The summed E-state index contributed by atoms with van der Waals surface area (Å²) in [6, 6.07) is 2.14. The van der Waals surface area contributed by atoms with Gasteiger partial charge in [0.25, 0.3) is 0 Å². The molecule has 2 aromatic heterocycles. The summed E-state index contributed by atoms with van der Waals surface area (Å²) in [4.78, 5) is 0. The van der Waals surface area contributed by atoms with Crippen LogP contribution in [0.25, 0.3) is 0 Å². The van der Waals surface area contributed by atoms with Crippen LogP contribution < -0.4 is 11.1 Å². The predicted octanol–water partition coefficient (Wildman–Crippen LogP) is 2.03. The van der Waals surface area contributed by atoms with Crippen LogP contribution >= 0.6 is 11.3 Å². The normalized spacial score (nSPS) is 10.6. The zero-order chi connectivity index (χ0) is 11.5. The third kappa shape index (κ3) is 2.19. The van der Waals surface area contributed by atoms with E-state index in [4.69, 9.17) is 5.73 Å². The summed E-state index contributed by atoms with van der Waals surface area (Å²) in [5.74, 6) is 0.910. The third-order valence-corrected chi connectivity index (χ3v) is 3.29. The van der Waals surface area contributed by atoms with Crippen molar-refractivity contribution in [3.05, 3.63) is 28.1 Å². The summed E-state index contributed by atoms with van der Waals surface area (Å²) < 4.78 is 1.79. The number of nitrogens with one attached hydrogen (secondary N) is 1. The third-order valence-electron chi connectivity index (χ3n) is 2.55. The zero-order valence-corrected chi connectivity index (χ0v) is 10.3. The second-order valence-electron chi connectivity index (χ2n) is 3.78. The van der Waals surface area contributed by atoms with E-state index < -0.39 is 0 Å². The first-order chi connectivity index (χ1) is 7.68. The van der Waals surface area contributed by atoms with E-state index in [1.165, 1.54) is 5.56 Å². The average Bonchev–Trinajstić information content (AvgIpc) is 2.82. The van der Waals surface area contributed by atoms with Gasteiger partial charge in [-0.25, -0.2) is 0 Å². The van der Waals surface area contributed by atoms with Crippen LogP contribution in [0.2, 0.25) is 0 Å². The van der Waals surface area contributed by atoms with E-state index in [0.717, 1.165) is 30.2 Å². The molecule has 0 fully saturated rings. The summed E-state index contributed by atoms with van der Waals surface area (Å²) in [6.07, 6.45) is 1.01. The summed E-state index contributed by atoms with van der Waals surface area (Å²) in [6.45, 7) is 2.79. The summed E-state index contributed by atoms with van der Waals surface area (Å²) in [5.41, 5.74) is 8.89. The summed E-state index contributed by atoms with van der Waals surface area (Å²) in [7, 11) is 1.90. The molecule has 2 heterocycles. The number of thiophene rings is 1. The summed E-state index contributed by atoms with van der Waals surface area (Å²) in [5, 5.41) is 11.8. The number of aryl methyl sites for hydroxylation is 2. The van der Waals surface area contributed by atoms with Gasteiger partial charge in [0.05, 0.1) is 11.4 Å². The minimum absolute atomic E-state index is 0.743. The van der Waals surface area contributed by atoms with Gasteiger partial charge in [-0.1, -0.05) is 0 Å². The lowest BCUT2D eigenvalue weighted by Gasteiger charge is -2.06. The molecule has 0 saturated heterocycles. The molecule has 86 valence electrons. The lowest BCUT2D eigenvalue weighted by atomic mass is 10.2. The van der Waals surface area contributed by atoms with E-state index >= 15 is 0 Å². The smallest absolute Gasteiger partial charge is 0.147 e. The lowest BCUT2D eigenvalue weighted by Crippen LogP contribution is -2.09. The monoisotopic (exact) mass is 236 g/mol. The van der Waals surface area contributed by atoms with E-state index in [2.05, 4.69) is 27.2 Å². The highest BCUT2D eigenvalue weighted by Gasteiger charge is 2.08. The van der Waals surface area contributed by atoms with Gasteiger partial charge in [-0.2, -0.15) is 16.4 Å². The van der Waals surface area contributed by atoms with Crippen molar-refractivity contribution in [3.63, 3.8) is 0 Å². The van der Waals surface area contributed by atoms with Gasteiger partial charge in [-0.15, -0.1) is 0 Å². The van der Waals surface area contributed by atoms with Gasteiger partial charge < -0.3 is 11.1 Å². The van der Waals surface area contributed by atoms with Crippen LogP contribution in [0.3, 0.4) is 0 Å². The van der Waals surface area contributed by atoms with Crippen molar-refractivity contribution in [1.82, 2.24) is 9.78 Å². The Balaban J connectivity index is 1.95. The minimum Gasteiger partial charge on any atom is -0.394 e. The van der Waals surface area contributed by atoms with Gasteiger partial charge in [0.15, 0.2) is 0 Å².